The number of hydrogen-bond donors (Lipinski definition) is 2. The van der Waals surface area contributed by atoms with Gasteiger partial charge in [-0.05, 0) is 13.0 Å². The largest absolute Gasteiger partial charge is 0.495 e. The van der Waals surface area contributed by atoms with E-state index in [9.17, 15) is 0 Å². The molecular formula is C10H17N3O2. The molecule has 1 aromatic rings. The van der Waals surface area contributed by atoms with Gasteiger partial charge in [-0.25, -0.2) is 0 Å². The third-order valence-corrected chi connectivity index (χ3v) is 2.10. The summed E-state index contributed by atoms with van der Waals surface area (Å²) >= 11 is 0. The van der Waals surface area contributed by atoms with Crippen molar-refractivity contribution in [3.63, 3.8) is 0 Å². The number of hydrogen-bond acceptors (Lipinski definition) is 5. The molecule has 0 aliphatic rings. The van der Waals surface area contributed by atoms with Gasteiger partial charge in [0, 0.05) is 18.4 Å². The van der Waals surface area contributed by atoms with E-state index >= 15 is 0 Å². The number of nitrogens with zero attached hydrogens (tertiary/aromatic N) is 1. The van der Waals surface area contributed by atoms with Gasteiger partial charge in [0.2, 0.25) is 0 Å². The maximum atomic E-state index is 5.46. The molecule has 0 aliphatic carbocycles. The number of pyridine rings is 1. The first-order chi connectivity index (χ1) is 7.33. The molecule has 84 valence electrons. The Kier molecular flexibility index (Phi) is 5.03. The summed E-state index contributed by atoms with van der Waals surface area (Å²) in [6.45, 7) is 3.11. The van der Waals surface area contributed by atoms with Gasteiger partial charge in [-0.1, -0.05) is 0 Å². The Morgan fingerprint density at radius 2 is 2.40 bits per heavy atom. The van der Waals surface area contributed by atoms with Crippen molar-refractivity contribution in [3.05, 3.63) is 24.0 Å². The fraction of sp³-hybridized carbons (Fsp3) is 0.500. The Balaban J connectivity index is 2.80. The van der Waals surface area contributed by atoms with Gasteiger partial charge in [0.25, 0.3) is 0 Å². The van der Waals surface area contributed by atoms with Crippen LogP contribution in [0.1, 0.15) is 18.5 Å². The number of ether oxygens (including phenoxy) is 2. The molecular weight excluding hydrogens is 194 g/mol. The number of hydrazine groups is 1. The first-order valence-corrected chi connectivity index (χ1v) is 4.85. The Morgan fingerprint density at radius 3 is 3.00 bits per heavy atom. The van der Waals surface area contributed by atoms with E-state index in [-0.39, 0.29) is 6.04 Å². The molecule has 0 amide bonds. The van der Waals surface area contributed by atoms with E-state index in [1.165, 1.54) is 0 Å². The highest BCUT2D eigenvalue weighted by atomic mass is 16.5. The van der Waals surface area contributed by atoms with Crippen LogP contribution in [-0.2, 0) is 4.74 Å². The predicted octanol–water partition coefficient (Wildman–Crippen LogP) is 0.631. The number of rotatable bonds is 6. The summed E-state index contributed by atoms with van der Waals surface area (Å²) in [5, 5.41) is 0. The second-order valence-electron chi connectivity index (χ2n) is 3.00. The predicted molar refractivity (Wildman–Crippen MR) is 57.3 cm³/mol. The van der Waals surface area contributed by atoms with Gasteiger partial charge in [-0.2, -0.15) is 0 Å². The van der Waals surface area contributed by atoms with Gasteiger partial charge in [0.05, 0.1) is 26.0 Å². The lowest BCUT2D eigenvalue weighted by Gasteiger charge is -2.18. The van der Waals surface area contributed by atoms with Crippen molar-refractivity contribution in [3.8, 4) is 5.75 Å². The summed E-state index contributed by atoms with van der Waals surface area (Å²) in [4.78, 5) is 3.98. The quantitative estimate of drug-likeness (QED) is 0.533. The van der Waals surface area contributed by atoms with Crippen molar-refractivity contribution < 1.29 is 9.47 Å². The number of methoxy groups -OCH3 is 1. The molecule has 0 spiro atoms. The third-order valence-electron chi connectivity index (χ3n) is 2.10. The van der Waals surface area contributed by atoms with Crippen molar-refractivity contribution in [1.82, 2.24) is 10.4 Å². The van der Waals surface area contributed by atoms with Gasteiger partial charge in [0.15, 0.2) is 0 Å². The van der Waals surface area contributed by atoms with Crippen LogP contribution >= 0.6 is 0 Å². The van der Waals surface area contributed by atoms with Crippen LogP contribution in [-0.4, -0.2) is 25.3 Å². The maximum absolute atomic E-state index is 5.46. The van der Waals surface area contributed by atoms with Crippen LogP contribution in [0.3, 0.4) is 0 Å². The summed E-state index contributed by atoms with van der Waals surface area (Å²) in [6, 6.07) is 1.78. The Labute approximate surface area is 89.6 Å². The van der Waals surface area contributed by atoms with E-state index in [0.29, 0.717) is 19.0 Å². The van der Waals surface area contributed by atoms with Crippen LogP contribution < -0.4 is 16.0 Å². The molecule has 1 rings (SSSR count). The zero-order valence-corrected chi connectivity index (χ0v) is 9.06. The molecule has 1 unspecified atom stereocenters. The van der Waals surface area contributed by atoms with Crippen LogP contribution in [0, 0.1) is 0 Å². The monoisotopic (exact) mass is 211 g/mol. The summed E-state index contributed by atoms with van der Waals surface area (Å²) in [7, 11) is 1.61. The van der Waals surface area contributed by atoms with Crippen LogP contribution in [0.15, 0.2) is 18.5 Å². The van der Waals surface area contributed by atoms with Crippen molar-refractivity contribution in [2.45, 2.75) is 13.0 Å². The minimum absolute atomic E-state index is 0.0806. The minimum atomic E-state index is -0.0806. The number of aromatic nitrogens is 1. The zero-order valence-electron chi connectivity index (χ0n) is 9.06. The summed E-state index contributed by atoms with van der Waals surface area (Å²) in [6.07, 6.45) is 3.36. The van der Waals surface area contributed by atoms with Crippen molar-refractivity contribution in [2.75, 3.05) is 20.3 Å². The Hall–Kier alpha value is -1.17. The van der Waals surface area contributed by atoms with Crippen molar-refractivity contribution >= 4 is 0 Å². The third kappa shape index (κ3) is 3.16. The van der Waals surface area contributed by atoms with Crippen molar-refractivity contribution in [1.29, 1.82) is 0 Å². The molecule has 0 fully saturated rings. The van der Waals surface area contributed by atoms with Crippen LogP contribution in [0.5, 0.6) is 5.75 Å². The first-order valence-electron chi connectivity index (χ1n) is 4.85. The molecule has 5 heteroatoms. The SMILES string of the molecule is CCOCC(NN)c1ccncc1OC. The van der Waals surface area contributed by atoms with Gasteiger partial charge >= 0.3 is 0 Å². The molecule has 0 bridgehead atoms. The lowest BCUT2D eigenvalue weighted by Crippen LogP contribution is -2.31. The average Bonchev–Trinajstić information content (AvgIpc) is 2.30. The molecule has 15 heavy (non-hydrogen) atoms. The molecule has 1 atom stereocenters. The first kappa shape index (κ1) is 11.9. The van der Waals surface area contributed by atoms with Gasteiger partial charge in [-0.3, -0.25) is 16.3 Å². The highest BCUT2D eigenvalue weighted by Gasteiger charge is 2.14. The van der Waals surface area contributed by atoms with Gasteiger partial charge in [0.1, 0.15) is 5.75 Å². The van der Waals surface area contributed by atoms with Crippen molar-refractivity contribution in [2.24, 2.45) is 5.84 Å². The summed E-state index contributed by atoms with van der Waals surface area (Å²) in [5.74, 6) is 6.17. The second-order valence-corrected chi connectivity index (χ2v) is 3.00. The second kappa shape index (κ2) is 6.34. The van der Waals surface area contributed by atoms with Crippen LogP contribution in [0.25, 0.3) is 0 Å². The fourth-order valence-electron chi connectivity index (χ4n) is 1.31. The van der Waals surface area contributed by atoms with Gasteiger partial charge < -0.3 is 9.47 Å². The minimum Gasteiger partial charge on any atom is -0.495 e. The summed E-state index contributed by atoms with van der Waals surface area (Å²) in [5.41, 5.74) is 3.64. The van der Waals surface area contributed by atoms with E-state index in [4.69, 9.17) is 15.3 Å². The Bertz CT molecular complexity index is 294. The van der Waals surface area contributed by atoms with Crippen LogP contribution in [0.2, 0.25) is 0 Å². The molecule has 0 aromatic carbocycles. The normalized spacial score (nSPS) is 12.5. The standard InChI is InChI=1S/C10H17N3O2/c1-3-15-7-9(13-11)8-4-5-12-6-10(8)14-2/h4-6,9,13H,3,7,11H2,1-2H3. The average molecular weight is 211 g/mol. The Morgan fingerprint density at radius 1 is 1.60 bits per heavy atom. The number of nitrogens with one attached hydrogen (secondary N) is 1. The van der Waals surface area contributed by atoms with E-state index < -0.39 is 0 Å². The molecule has 1 aromatic heterocycles. The van der Waals surface area contributed by atoms with E-state index in [1.54, 1.807) is 19.5 Å². The molecule has 0 aliphatic heterocycles. The smallest absolute Gasteiger partial charge is 0.142 e. The highest BCUT2D eigenvalue weighted by Crippen LogP contribution is 2.23. The molecule has 0 saturated carbocycles. The van der Waals surface area contributed by atoms with E-state index in [2.05, 4.69) is 10.4 Å². The zero-order chi connectivity index (χ0) is 11.1. The van der Waals surface area contributed by atoms with Gasteiger partial charge in [-0.15, -0.1) is 0 Å². The molecule has 1 heterocycles. The maximum Gasteiger partial charge on any atom is 0.142 e. The molecule has 0 saturated heterocycles. The van der Waals surface area contributed by atoms with E-state index in [1.807, 2.05) is 13.0 Å². The topological polar surface area (TPSA) is 69.4 Å². The molecule has 5 nitrogen and oxygen atoms in total. The fourth-order valence-corrected chi connectivity index (χ4v) is 1.31. The summed E-state index contributed by atoms with van der Waals surface area (Å²) < 4.78 is 10.5. The van der Waals surface area contributed by atoms with Crippen LogP contribution in [0.4, 0.5) is 0 Å². The van der Waals surface area contributed by atoms with E-state index in [0.717, 1.165) is 5.56 Å². The molecule has 3 N–H and O–H groups in total. The lowest BCUT2D eigenvalue weighted by atomic mass is 10.1. The molecule has 0 radical (unpaired) electrons. The number of nitrogens with two attached hydrogens (primary N) is 1. The highest BCUT2D eigenvalue weighted by molar-refractivity contribution is 5.32. The lowest BCUT2D eigenvalue weighted by molar-refractivity contribution is 0.122.